The van der Waals surface area contributed by atoms with Crippen LogP contribution in [0, 0.1) is 0 Å². The average Bonchev–Trinajstić information content (AvgIpc) is 2.29. The van der Waals surface area contributed by atoms with Gasteiger partial charge in [-0.15, -0.1) is 11.8 Å². The molecule has 1 aliphatic heterocycles. The third-order valence-corrected chi connectivity index (χ3v) is 3.71. The second kappa shape index (κ2) is 4.60. The predicted molar refractivity (Wildman–Crippen MR) is 65.7 cm³/mol. The van der Waals surface area contributed by atoms with Crippen molar-refractivity contribution < 1.29 is 9.84 Å². The summed E-state index contributed by atoms with van der Waals surface area (Å²) in [5.74, 6) is 0.776. The average molecular weight is 287 g/mol. The summed E-state index contributed by atoms with van der Waals surface area (Å²) >= 11 is 4.89. The number of aliphatic hydroxyl groups is 1. The molecule has 1 N–H and O–H groups in total. The van der Waals surface area contributed by atoms with Crippen LogP contribution in [0.25, 0.3) is 0 Å². The van der Waals surface area contributed by atoms with Gasteiger partial charge in [-0.3, -0.25) is 0 Å². The highest BCUT2D eigenvalue weighted by molar-refractivity contribution is 9.11. The van der Waals surface area contributed by atoms with E-state index in [4.69, 9.17) is 4.74 Å². The second-order valence-electron chi connectivity index (χ2n) is 3.28. The Morgan fingerprint density at radius 3 is 3.07 bits per heavy atom. The molecule has 1 aliphatic rings. The Morgan fingerprint density at radius 2 is 2.40 bits per heavy atom. The summed E-state index contributed by atoms with van der Waals surface area (Å²) in [4.78, 5) is 2.86. The molecule has 80 valence electrons. The lowest BCUT2D eigenvalue weighted by Crippen LogP contribution is -2.17. The molecule has 1 unspecified atom stereocenters. The number of benzene rings is 1. The standard InChI is InChI=1S/C11H11BrO2S/c1-15-8-2-3-10-9(4-8)11(13)7(5-12)6-14-10/h2-5,11,13H,6H2,1H3/b7-5-. The molecule has 1 atom stereocenters. The Morgan fingerprint density at radius 1 is 1.60 bits per heavy atom. The van der Waals surface area contributed by atoms with E-state index in [-0.39, 0.29) is 0 Å². The molecule has 15 heavy (non-hydrogen) atoms. The van der Waals surface area contributed by atoms with E-state index in [1.165, 1.54) is 0 Å². The van der Waals surface area contributed by atoms with E-state index in [1.807, 2.05) is 24.5 Å². The fourth-order valence-electron chi connectivity index (χ4n) is 1.53. The molecule has 0 bridgehead atoms. The van der Waals surface area contributed by atoms with Gasteiger partial charge in [0.15, 0.2) is 0 Å². The predicted octanol–water partition coefficient (Wildman–Crippen LogP) is 3.11. The molecular formula is C11H11BrO2S. The zero-order valence-corrected chi connectivity index (χ0v) is 10.6. The molecule has 0 amide bonds. The van der Waals surface area contributed by atoms with Crippen LogP contribution in [0.3, 0.4) is 0 Å². The highest BCUT2D eigenvalue weighted by Crippen LogP contribution is 2.37. The number of hydrogen-bond donors (Lipinski definition) is 1. The molecular weight excluding hydrogens is 276 g/mol. The van der Waals surface area contributed by atoms with Crippen LogP contribution >= 0.6 is 27.7 Å². The van der Waals surface area contributed by atoms with Gasteiger partial charge in [-0.1, -0.05) is 15.9 Å². The maximum absolute atomic E-state index is 10.1. The largest absolute Gasteiger partial charge is 0.489 e. The number of aliphatic hydroxyl groups excluding tert-OH is 1. The number of ether oxygens (including phenoxy) is 1. The SMILES string of the molecule is CSc1ccc2c(c1)C(O)/C(=C\Br)CO2. The fraction of sp³-hybridized carbons (Fsp3) is 0.273. The number of thioether (sulfide) groups is 1. The number of fused-ring (bicyclic) bond motifs is 1. The first kappa shape index (κ1) is 11.0. The minimum Gasteiger partial charge on any atom is -0.489 e. The third-order valence-electron chi connectivity index (χ3n) is 2.40. The Hall–Kier alpha value is -0.450. The Kier molecular flexibility index (Phi) is 3.38. The lowest BCUT2D eigenvalue weighted by atomic mass is 10.00. The van der Waals surface area contributed by atoms with Crippen molar-refractivity contribution in [2.45, 2.75) is 11.0 Å². The van der Waals surface area contributed by atoms with Crippen LogP contribution in [-0.2, 0) is 0 Å². The van der Waals surface area contributed by atoms with Crippen LogP contribution in [-0.4, -0.2) is 18.0 Å². The quantitative estimate of drug-likeness (QED) is 0.805. The maximum Gasteiger partial charge on any atom is 0.126 e. The summed E-state index contributed by atoms with van der Waals surface area (Å²) in [6, 6.07) is 5.88. The molecule has 0 aliphatic carbocycles. The van der Waals surface area contributed by atoms with Gasteiger partial charge in [-0.2, -0.15) is 0 Å². The molecule has 1 heterocycles. The van der Waals surface area contributed by atoms with Crippen molar-refractivity contribution in [2.75, 3.05) is 12.9 Å². The lowest BCUT2D eigenvalue weighted by Gasteiger charge is -2.24. The van der Waals surface area contributed by atoms with E-state index >= 15 is 0 Å². The van der Waals surface area contributed by atoms with Crippen molar-refractivity contribution in [2.24, 2.45) is 0 Å². The van der Waals surface area contributed by atoms with Gasteiger partial charge in [-0.05, 0) is 29.4 Å². The smallest absolute Gasteiger partial charge is 0.126 e. The van der Waals surface area contributed by atoms with Gasteiger partial charge in [0.05, 0.1) is 0 Å². The van der Waals surface area contributed by atoms with Crippen molar-refractivity contribution in [3.05, 3.63) is 34.3 Å². The number of halogens is 1. The van der Waals surface area contributed by atoms with Crippen molar-refractivity contribution in [1.29, 1.82) is 0 Å². The highest BCUT2D eigenvalue weighted by Gasteiger charge is 2.23. The van der Waals surface area contributed by atoms with Gasteiger partial charge in [-0.25, -0.2) is 0 Å². The van der Waals surface area contributed by atoms with Crippen molar-refractivity contribution in [3.8, 4) is 5.75 Å². The minimum atomic E-state index is -0.555. The number of hydrogen-bond acceptors (Lipinski definition) is 3. The molecule has 2 nitrogen and oxygen atoms in total. The van der Waals surface area contributed by atoms with Crippen LogP contribution in [0.1, 0.15) is 11.7 Å². The van der Waals surface area contributed by atoms with E-state index in [2.05, 4.69) is 15.9 Å². The monoisotopic (exact) mass is 286 g/mol. The van der Waals surface area contributed by atoms with Crippen molar-refractivity contribution in [1.82, 2.24) is 0 Å². The first-order valence-corrected chi connectivity index (χ1v) is 6.68. The van der Waals surface area contributed by atoms with E-state index < -0.39 is 6.10 Å². The lowest BCUT2D eigenvalue weighted by molar-refractivity contribution is 0.170. The molecule has 0 aromatic heterocycles. The van der Waals surface area contributed by atoms with Crippen LogP contribution in [0.15, 0.2) is 33.7 Å². The van der Waals surface area contributed by atoms with E-state index in [0.29, 0.717) is 6.61 Å². The maximum atomic E-state index is 10.1. The van der Waals surface area contributed by atoms with Gasteiger partial charge in [0, 0.05) is 16.0 Å². The molecule has 0 saturated carbocycles. The van der Waals surface area contributed by atoms with Crippen LogP contribution in [0.5, 0.6) is 5.75 Å². The third kappa shape index (κ3) is 2.07. The summed E-state index contributed by atoms with van der Waals surface area (Å²) in [6.07, 6.45) is 1.46. The first-order valence-electron chi connectivity index (χ1n) is 4.54. The normalized spacial score (nSPS) is 22.3. The van der Waals surface area contributed by atoms with Crippen LogP contribution in [0.4, 0.5) is 0 Å². The van der Waals surface area contributed by atoms with Gasteiger partial charge < -0.3 is 9.84 Å². The summed E-state index contributed by atoms with van der Waals surface area (Å²) < 4.78 is 5.53. The molecule has 2 rings (SSSR count). The molecule has 1 aromatic carbocycles. The molecule has 0 fully saturated rings. The molecule has 0 saturated heterocycles. The molecule has 4 heteroatoms. The first-order chi connectivity index (χ1) is 7.26. The molecule has 0 radical (unpaired) electrons. The van der Waals surface area contributed by atoms with Gasteiger partial charge >= 0.3 is 0 Å². The second-order valence-corrected chi connectivity index (χ2v) is 4.62. The molecule has 1 aromatic rings. The Balaban J connectivity index is 2.44. The highest BCUT2D eigenvalue weighted by atomic mass is 79.9. The van der Waals surface area contributed by atoms with E-state index in [9.17, 15) is 5.11 Å². The minimum absolute atomic E-state index is 0.442. The van der Waals surface area contributed by atoms with E-state index in [1.54, 1.807) is 16.7 Å². The summed E-state index contributed by atoms with van der Waals surface area (Å²) in [5.41, 5.74) is 1.69. The van der Waals surface area contributed by atoms with Crippen molar-refractivity contribution >= 4 is 27.7 Å². The van der Waals surface area contributed by atoms with Crippen molar-refractivity contribution in [3.63, 3.8) is 0 Å². The fourth-order valence-corrected chi connectivity index (χ4v) is 2.36. The summed E-state index contributed by atoms with van der Waals surface area (Å²) in [5, 5.41) is 10.1. The van der Waals surface area contributed by atoms with Crippen LogP contribution < -0.4 is 4.74 Å². The van der Waals surface area contributed by atoms with Crippen LogP contribution in [0.2, 0.25) is 0 Å². The topological polar surface area (TPSA) is 29.5 Å². The summed E-state index contributed by atoms with van der Waals surface area (Å²) in [6.45, 7) is 0.442. The summed E-state index contributed by atoms with van der Waals surface area (Å²) in [7, 11) is 0. The zero-order chi connectivity index (χ0) is 10.8. The van der Waals surface area contributed by atoms with E-state index in [0.717, 1.165) is 21.8 Å². The Bertz CT molecular complexity index is 404. The zero-order valence-electron chi connectivity index (χ0n) is 8.24. The number of rotatable bonds is 1. The van der Waals surface area contributed by atoms with Gasteiger partial charge in [0.25, 0.3) is 0 Å². The van der Waals surface area contributed by atoms with Gasteiger partial charge in [0.1, 0.15) is 18.5 Å². The van der Waals surface area contributed by atoms with Gasteiger partial charge in [0.2, 0.25) is 0 Å². The Labute approximate surface area is 101 Å². The molecule has 0 spiro atoms.